The van der Waals surface area contributed by atoms with Crippen LogP contribution in [-0.2, 0) is 0 Å². The van der Waals surface area contributed by atoms with Gasteiger partial charge in [0.25, 0.3) is 0 Å². The van der Waals surface area contributed by atoms with E-state index in [0.717, 1.165) is 49.8 Å². The van der Waals surface area contributed by atoms with Crippen molar-refractivity contribution in [1.82, 2.24) is 5.43 Å². The third-order valence-corrected chi connectivity index (χ3v) is 3.95. The standard InChI is InChI=1S/C15H22N4O/c16-18-15(17-12-6-1-2-7-12)19-10-5-11-20-14-9-4-3-8-13(14)19/h3-4,8-9,12H,1-2,5-7,10-11,16H2,(H,17,18). The quantitative estimate of drug-likeness (QED) is 0.356. The van der Waals surface area contributed by atoms with Crippen LogP contribution in [0.3, 0.4) is 0 Å². The first kappa shape index (κ1) is 13.2. The van der Waals surface area contributed by atoms with E-state index in [1.807, 2.05) is 18.2 Å². The van der Waals surface area contributed by atoms with Crippen LogP contribution in [0.15, 0.2) is 29.3 Å². The van der Waals surface area contributed by atoms with Crippen LogP contribution in [0.5, 0.6) is 5.75 Å². The Hall–Kier alpha value is -1.75. The molecule has 20 heavy (non-hydrogen) atoms. The Kier molecular flexibility index (Phi) is 4.06. The molecular formula is C15H22N4O. The number of aliphatic imine (C=N–C) groups is 1. The fraction of sp³-hybridized carbons (Fsp3) is 0.533. The van der Waals surface area contributed by atoms with Gasteiger partial charge < -0.3 is 9.64 Å². The van der Waals surface area contributed by atoms with E-state index in [2.05, 4.69) is 16.4 Å². The third kappa shape index (κ3) is 2.72. The molecule has 3 N–H and O–H groups in total. The van der Waals surface area contributed by atoms with Crippen LogP contribution in [0.2, 0.25) is 0 Å². The van der Waals surface area contributed by atoms with Gasteiger partial charge >= 0.3 is 0 Å². The van der Waals surface area contributed by atoms with Crippen molar-refractivity contribution in [3.8, 4) is 5.75 Å². The molecule has 0 saturated heterocycles. The number of anilines is 1. The third-order valence-electron chi connectivity index (χ3n) is 3.95. The van der Waals surface area contributed by atoms with Gasteiger partial charge in [0.15, 0.2) is 0 Å². The molecule has 0 unspecified atom stereocenters. The molecule has 5 heteroatoms. The number of ether oxygens (including phenoxy) is 1. The molecular weight excluding hydrogens is 252 g/mol. The fourth-order valence-electron chi connectivity index (χ4n) is 2.94. The maximum atomic E-state index is 5.78. The van der Waals surface area contributed by atoms with E-state index in [1.165, 1.54) is 12.8 Å². The zero-order valence-corrected chi connectivity index (χ0v) is 11.7. The summed E-state index contributed by atoms with van der Waals surface area (Å²) in [6.07, 6.45) is 5.83. The van der Waals surface area contributed by atoms with Crippen LogP contribution in [-0.4, -0.2) is 25.2 Å². The number of para-hydroxylation sites is 2. The monoisotopic (exact) mass is 274 g/mol. The van der Waals surface area contributed by atoms with E-state index in [-0.39, 0.29) is 0 Å². The topological polar surface area (TPSA) is 62.9 Å². The Bertz CT molecular complexity index is 483. The maximum Gasteiger partial charge on any atom is 0.213 e. The second-order valence-electron chi connectivity index (χ2n) is 5.36. The van der Waals surface area contributed by atoms with Gasteiger partial charge in [0.05, 0.1) is 18.3 Å². The lowest BCUT2D eigenvalue weighted by Crippen LogP contribution is -2.46. The average Bonchev–Trinajstić information content (AvgIpc) is 2.90. The molecule has 0 radical (unpaired) electrons. The SMILES string of the molecule is NNC(=NC1CCCC1)N1CCCOc2ccccc21. The summed E-state index contributed by atoms with van der Waals surface area (Å²) in [6.45, 7) is 1.60. The molecule has 1 aliphatic carbocycles. The van der Waals surface area contributed by atoms with Crippen molar-refractivity contribution < 1.29 is 4.74 Å². The molecule has 2 aliphatic rings. The summed E-state index contributed by atoms with van der Waals surface area (Å²) in [5, 5.41) is 0. The summed E-state index contributed by atoms with van der Waals surface area (Å²) in [4.78, 5) is 6.95. The van der Waals surface area contributed by atoms with Crippen molar-refractivity contribution in [2.45, 2.75) is 38.1 Å². The first-order chi connectivity index (χ1) is 9.88. The smallest absolute Gasteiger partial charge is 0.213 e. The van der Waals surface area contributed by atoms with Crippen molar-refractivity contribution in [3.05, 3.63) is 24.3 Å². The second kappa shape index (κ2) is 6.13. The summed E-state index contributed by atoms with van der Waals surface area (Å²) in [5.41, 5.74) is 3.83. The molecule has 0 aromatic heterocycles. The number of guanidine groups is 1. The lowest BCUT2D eigenvalue weighted by molar-refractivity contribution is 0.322. The van der Waals surface area contributed by atoms with Crippen LogP contribution >= 0.6 is 0 Å². The van der Waals surface area contributed by atoms with Crippen molar-refractivity contribution >= 4 is 11.6 Å². The van der Waals surface area contributed by atoms with Crippen LogP contribution < -0.4 is 20.9 Å². The van der Waals surface area contributed by atoms with E-state index >= 15 is 0 Å². The van der Waals surface area contributed by atoms with E-state index in [0.29, 0.717) is 6.04 Å². The molecule has 0 atom stereocenters. The molecule has 3 rings (SSSR count). The molecule has 1 aromatic carbocycles. The van der Waals surface area contributed by atoms with Crippen molar-refractivity contribution in [1.29, 1.82) is 0 Å². The minimum Gasteiger partial charge on any atom is -0.491 e. The van der Waals surface area contributed by atoms with Crippen LogP contribution in [0, 0.1) is 0 Å². The highest BCUT2D eigenvalue weighted by atomic mass is 16.5. The van der Waals surface area contributed by atoms with Crippen molar-refractivity contribution in [3.63, 3.8) is 0 Å². The molecule has 1 aliphatic heterocycles. The first-order valence-electron chi connectivity index (χ1n) is 7.42. The van der Waals surface area contributed by atoms with Crippen LogP contribution in [0.1, 0.15) is 32.1 Å². The van der Waals surface area contributed by atoms with Crippen molar-refractivity contribution in [2.75, 3.05) is 18.1 Å². The second-order valence-corrected chi connectivity index (χ2v) is 5.36. The molecule has 5 nitrogen and oxygen atoms in total. The summed E-state index contributed by atoms with van der Waals surface area (Å²) >= 11 is 0. The summed E-state index contributed by atoms with van der Waals surface area (Å²) in [5.74, 6) is 7.39. The van der Waals surface area contributed by atoms with E-state index < -0.39 is 0 Å². The Balaban J connectivity index is 1.90. The van der Waals surface area contributed by atoms with Gasteiger partial charge in [-0.1, -0.05) is 25.0 Å². The number of benzene rings is 1. The van der Waals surface area contributed by atoms with Gasteiger partial charge in [-0.2, -0.15) is 0 Å². The number of nitrogens with one attached hydrogen (secondary N) is 1. The lowest BCUT2D eigenvalue weighted by atomic mass is 10.2. The minimum absolute atomic E-state index is 0.400. The summed E-state index contributed by atoms with van der Waals surface area (Å²) < 4.78 is 5.78. The number of nitrogens with zero attached hydrogens (tertiary/aromatic N) is 2. The Morgan fingerprint density at radius 2 is 2.05 bits per heavy atom. The molecule has 0 spiro atoms. The molecule has 0 bridgehead atoms. The highest BCUT2D eigenvalue weighted by Gasteiger charge is 2.22. The van der Waals surface area contributed by atoms with Gasteiger partial charge in [0.1, 0.15) is 5.75 Å². The number of rotatable bonds is 1. The molecule has 108 valence electrons. The highest BCUT2D eigenvalue weighted by molar-refractivity contribution is 5.97. The number of fused-ring (bicyclic) bond motifs is 1. The lowest BCUT2D eigenvalue weighted by Gasteiger charge is -2.25. The largest absolute Gasteiger partial charge is 0.491 e. The van der Waals surface area contributed by atoms with Crippen LogP contribution in [0.25, 0.3) is 0 Å². The van der Waals surface area contributed by atoms with Gasteiger partial charge in [0.2, 0.25) is 5.96 Å². The van der Waals surface area contributed by atoms with Crippen LogP contribution in [0.4, 0.5) is 5.69 Å². The Labute approximate surface area is 119 Å². The van der Waals surface area contributed by atoms with Gasteiger partial charge in [-0.3, -0.25) is 5.43 Å². The molecule has 1 saturated carbocycles. The number of hydrogen-bond donors (Lipinski definition) is 2. The van der Waals surface area contributed by atoms with Gasteiger partial charge in [0, 0.05) is 6.54 Å². The first-order valence-corrected chi connectivity index (χ1v) is 7.42. The number of hydrazine groups is 1. The number of hydrogen-bond acceptors (Lipinski definition) is 3. The van der Waals surface area contributed by atoms with E-state index in [1.54, 1.807) is 0 Å². The normalized spacial score (nSPS) is 20.2. The zero-order chi connectivity index (χ0) is 13.8. The average molecular weight is 274 g/mol. The van der Waals surface area contributed by atoms with Gasteiger partial charge in [-0.25, -0.2) is 10.8 Å². The van der Waals surface area contributed by atoms with Gasteiger partial charge in [-0.05, 0) is 31.4 Å². The minimum atomic E-state index is 0.400. The van der Waals surface area contributed by atoms with Gasteiger partial charge in [-0.15, -0.1) is 0 Å². The van der Waals surface area contributed by atoms with E-state index in [4.69, 9.17) is 15.6 Å². The molecule has 0 amide bonds. The fourth-order valence-corrected chi connectivity index (χ4v) is 2.94. The number of nitrogens with two attached hydrogens (primary N) is 1. The maximum absolute atomic E-state index is 5.78. The Morgan fingerprint density at radius 3 is 2.85 bits per heavy atom. The molecule has 1 fully saturated rings. The predicted octanol–water partition coefficient (Wildman–Crippen LogP) is 2.04. The van der Waals surface area contributed by atoms with E-state index in [9.17, 15) is 0 Å². The predicted molar refractivity (Wildman–Crippen MR) is 80.9 cm³/mol. The molecule has 1 heterocycles. The summed E-state index contributed by atoms with van der Waals surface area (Å²) in [6, 6.07) is 8.47. The molecule has 1 aromatic rings. The summed E-state index contributed by atoms with van der Waals surface area (Å²) in [7, 11) is 0. The highest BCUT2D eigenvalue weighted by Crippen LogP contribution is 2.31. The van der Waals surface area contributed by atoms with Crippen molar-refractivity contribution in [2.24, 2.45) is 10.8 Å². The zero-order valence-electron chi connectivity index (χ0n) is 11.7. The Morgan fingerprint density at radius 1 is 1.25 bits per heavy atom.